The van der Waals surface area contributed by atoms with Gasteiger partial charge in [-0.25, -0.2) is 0 Å². The van der Waals surface area contributed by atoms with Crippen LogP contribution >= 0.6 is 0 Å². The first-order valence-electron chi connectivity index (χ1n) is 7.01. The van der Waals surface area contributed by atoms with Gasteiger partial charge in [0.1, 0.15) is 11.9 Å². The fourth-order valence-corrected chi connectivity index (χ4v) is 2.45. The summed E-state index contributed by atoms with van der Waals surface area (Å²) in [5, 5.41) is 9.01. The standard InChI is InChI=1S/C18H20N2O/c1-12-9-15(11-19)10-13(2)17(12)21-18(14(3)20)16-7-5-4-6-8-16/h4-10,14,18H,20H2,1-3H3. The molecule has 0 saturated heterocycles. The van der Waals surface area contributed by atoms with Gasteiger partial charge in [-0.1, -0.05) is 30.3 Å². The maximum atomic E-state index is 9.01. The fraction of sp³-hybridized carbons (Fsp3) is 0.278. The molecule has 0 aromatic heterocycles. The summed E-state index contributed by atoms with van der Waals surface area (Å²) < 4.78 is 6.19. The SMILES string of the molecule is Cc1cc(C#N)cc(C)c1OC(c1ccccc1)C(C)N. The molecule has 0 aliphatic carbocycles. The van der Waals surface area contributed by atoms with Crippen LogP contribution in [0, 0.1) is 25.2 Å². The van der Waals surface area contributed by atoms with Crippen molar-refractivity contribution in [3.63, 3.8) is 0 Å². The van der Waals surface area contributed by atoms with Crippen molar-refractivity contribution in [2.24, 2.45) is 5.73 Å². The maximum Gasteiger partial charge on any atom is 0.138 e. The van der Waals surface area contributed by atoms with Crippen LogP contribution in [0.3, 0.4) is 0 Å². The van der Waals surface area contributed by atoms with Gasteiger partial charge in [-0.05, 0) is 49.6 Å². The van der Waals surface area contributed by atoms with Crippen LogP contribution in [0.4, 0.5) is 0 Å². The lowest BCUT2D eigenvalue weighted by atomic mass is 10.0. The van der Waals surface area contributed by atoms with Crippen LogP contribution in [0.15, 0.2) is 42.5 Å². The molecular formula is C18H20N2O. The number of nitrogens with two attached hydrogens (primary N) is 1. The van der Waals surface area contributed by atoms with Crippen LogP contribution < -0.4 is 10.5 Å². The molecule has 0 saturated carbocycles. The number of rotatable bonds is 4. The number of hydrogen-bond donors (Lipinski definition) is 1. The Labute approximate surface area is 126 Å². The van der Waals surface area contributed by atoms with E-state index >= 15 is 0 Å². The van der Waals surface area contributed by atoms with E-state index in [9.17, 15) is 0 Å². The van der Waals surface area contributed by atoms with E-state index in [1.54, 1.807) is 0 Å². The molecule has 3 heteroatoms. The molecule has 21 heavy (non-hydrogen) atoms. The van der Waals surface area contributed by atoms with Crippen molar-refractivity contribution in [1.29, 1.82) is 5.26 Å². The Kier molecular flexibility index (Phi) is 4.62. The molecule has 2 unspecified atom stereocenters. The summed E-state index contributed by atoms with van der Waals surface area (Å²) in [6, 6.07) is 15.7. The van der Waals surface area contributed by atoms with Crippen LogP contribution in [0.1, 0.15) is 35.3 Å². The van der Waals surface area contributed by atoms with Crippen LogP contribution in [-0.4, -0.2) is 6.04 Å². The van der Waals surface area contributed by atoms with Gasteiger partial charge >= 0.3 is 0 Å². The van der Waals surface area contributed by atoms with E-state index in [1.807, 2.05) is 63.2 Å². The molecule has 2 rings (SSSR count). The van der Waals surface area contributed by atoms with Crippen LogP contribution in [-0.2, 0) is 0 Å². The lowest BCUT2D eigenvalue weighted by Gasteiger charge is -2.25. The van der Waals surface area contributed by atoms with Gasteiger partial charge in [-0.15, -0.1) is 0 Å². The third-order valence-corrected chi connectivity index (χ3v) is 3.44. The molecule has 0 fully saturated rings. The van der Waals surface area contributed by atoms with Gasteiger partial charge in [0.05, 0.1) is 11.6 Å². The van der Waals surface area contributed by atoms with Crippen LogP contribution in [0.5, 0.6) is 5.75 Å². The number of ether oxygens (including phenoxy) is 1. The number of hydrogen-bond acceptors (Lipinski definition) is 3. The molecule has 2 N–H and O–H groups in total. The zero-order valence-electron chi connectivity index (χ0n) is 12.6. The molecule has 108 valence electrons. The Hall–Kier alpha value is -2.31. The average Bonchev–Trinajstić information content (AvgIpc) is 2.46. The zero-order chi connectivity index (χ0) is 15.4. The minimum atomic E-state index is -0.212. The van der Waals surface area contributed by atoms with Crippen LogP contribution in [0.2, 0.25) is 0 Å². The first-order valence-corrected chi connectivity index (χ1v) is 7.01. The highest BCUT2D eigenvalue weighted by Crippen LogP contribution is 2.30. The van der Waals surface area contributed by atoms with E-state index < -0.39 is 0 Å². The Bertz CT molecular complexity index is 634. The zero-order valence-corrected chi connectivity index (χ0v) is 12.6. The number of benzene rings is 2. The van der Waals surface area contributed by atoms with E-state index in [2.05, 4.69) is 6.07 Å². The van der Waals surface area contributed by atoms with Gasteiger partial charge in [0.15, 0.2) is 0 Å². The number of nitrogens with zero attached hydrogens (tertiary/aromatic N) is 1. The summed E-state index contributed by atoms with van der Waals surface area (Å²) in [7, 11) is 0. The lowest BCUT2D eigenvalue weighted by Crippen LogP contribution is -2.29. The Morgan fingerprint density at radius 3 is 2.14 bits per heavy atom. The minimum Gasteiger partial charge on any atom is -0.484 e. The average molecular weight is 280 g/mol. The van der Waals surface area contributed by atoms with Crippen molar-refractivity contribution < 1.29 is 4.74 Å². The van der Waals surface area contributed by atoms with Crippen molar-refractivity contribution in [1.82, 2.24) is 0 Å². The Morgan fingerprint density at radius 2 is 1.67 bits per heavy atom. The minimum absolute atomic E-state index is 0.137. The predicted molar refractivity (Wildman–Crippen MR) is 84.1 cm³/mol. The van der Waals surface area contributed by atoms with Gasteiger partial charge in [0, 0.05) is 6.04 Å². The van der Waals surface area contributed by atoms with E-state index in [0.29, 0.717) is 5.56 Å². The van der Waals surface area contributed by atoms with Gasteiger partial charge in [0.2, 0.25) is 0 Å². The molecular weight excluding hydrogens is 260 g/mol. The summed E-state index contributed by atoms with van der Waals surface area (Å²) in [5.74, 6) is 0.806. The van der Waals surface area contributed by atoms with Crippen molar-refractivity contribution in [2.75, 3.05) is 0 Å². The lowest BCUT2D eigenvalue weighted by molar-refractivity contribution is 0.178. The summed E-state index contributed by atoms with van der Waals surface area (Å²) >= 11 is 0. The number of aryl methyl sites for hydroxylation is 2. The Balaban J connectivity index is 2.37. The van der Waals surface area contributed by atoms with E-state index in [-0.39, 0.29) is 12.1 Å². The van der Waals surface area contributed by atoms with Gasteiger partial charge in [-0.3, -0.25) is 0 Å². The normalized spacial score (nSPS) is 13.3. The molecule has 0 bridgehead atoms. The van der Waals surface area contributed by atoms with E-state index in [4.69, 9.17) is 15.7 Å². The van der Waals surface area contributed by atoms with Crippen molar-refractivity contribution in [3.8, 4) is 11.8 Å². The molecule has 0 aliphatic heterocycles. The highest BCUT2D eigenvalue weighted by atomic mass is 16.5. The molecule has 2 atom stereocenters. The Morgan fingerprint density at radius 1 is 1.10 bits per heavy atom. The van der Waals surface area contributed by atoms with Crippen LogP contribution in [0.25, 0.3) is 0 Å². The van der Waals surface area contributed by atoms with Crippen molar-refractivity contribution in [3.05, 3.63) is 64.7 Å². The van der Waals surface area contributed by atoms with E-state index in [0.717, 1.165) is 22.4 Å². The fourth-order valence-electron chi connectivity index (χ4n) is 2.45. The highest BCUT2D eigenvalue weighted by Gasteiger charge is 2.20. The van der Waals surface area contributed by atoms with Gasteiger partial charge in [0.25, 0.3) is 0 Å². The molecule has 0 aliphatic rings. The molecule has 0 radical (unpaired) electrons. The molecule has 2 aromatic rings. The second-order valence-electron chi connectivity index (χ2n) is 5.36. The van der Waals surface area contributed by atoms with Gasteiger partial charge < -0.3 is 10.5 Å². The van der Waals surface area contributed by atoms with Gasteiger partial charge in [-0.2, -0.15) is 5.26 Å². The topological polar surface area (TPSA) is 59.0 Å². The predicted octanol–water partition coefficient (Wildman–Crippen LogP) is 3.64. The smallest absolute Gasteiger partial charge is 0.138 e. The highest BCUT2D eigenvalue weighted by molar-refractivity contribution is 5.47. The molecule has 3 nitrogen and oxygen atoms in total. The molecule has 2 aromatic carbocycles. The summed E-state index contributed by atoms with van der Waals surface area (Å²) in [6.45, 7) is 5.84. The summed E-state index contributed by atoms with van der Waals surface area (Å²) in [5.41, 5.74) is 9.70. The first-order chi connectivity index (χ1) is 10.0. The molecule has 0 amide bonds. The third-order valence-electron chi connectivity index (χ3n) is 3.44. The van der Waals surface area contributed by atoms with Crippen molar-refractivity contribution in [2.45, 2.75) is 32.9 Å². The number of nitriles is 1. The monoisotopic (exact) mass is 280 g/mol. The second-order valence-corrected chi connectivity index (χ2v) is 5.36. The first kappa shape index (κ1) is 15.1. The quantitative estimate of drug-likeness (QED) is 0.930. The summed E-state index contributed by atoms with van der Waals surface area (Å²) in [4.78, 5) is 0. The van der Waals surface area contributed by atoms with E-state index in [1.165, 1.54) is 0 Å². The maximum absolute atomic E-state index is 9.01. The molecule has 0 spiro atoms. The second kappa shape index (κ2) is 6.43. The third kappa shape index (κ3) is 3.42. The molecule has 0 heterocycles. The summed E-state index contributed by atoms with van der Waals surface area (Å²) in [6.07, 6.45) is -0.212. The largest absolute Gasteiger partial charge is 0.484 e. The van der Waals surface area contributed by atoms with Crippen molar-refractivity contribution >= 4 is 0 Å².